The molecule has 0 aliphatic carbocycles. The lowest BCUT2D eigenvalue weighted by molar-refractivity contribution is -0.136. The first-order valence-electron chi connectivity index (χ1n) is 8.49. The van der Waals surface area contributed by atoms with Crippen LogP contribution in [0, 0.1) is 0 Å². The minimum absolute atomic E-state index is 0.104. The SMILES string of the molecule is Nc1c(Nc2ccccc2C(F)(F)F)ncnc1Sc1cccc2cccnc12. The van der Waals surface area contributed by atoms with Crippen molar-refractivity contribution in [1.29, 1.82) is 0 Å². The Morgan fingerprint density at radius 1 is 0.897 bits per heavy atom. The molecule has 0 amide bonds. The Balaban J connectivity index is 1.69. The van der Waals surface area contributed by atoms with Crippen LogP contribution in [0.15, 0.2) is 77.0 Å². The Morgan fingerprint density at radius 2 is 1.69 bits per heavy atom. The predicted octanol–water partition coefficient (Wildman–Crippen LogP) is 5.52. The molecule has 0 fully saturated rings. The highest BCUT2D eigenvalue weighted by molar-refractivity contribution is 7.99. The summed E-state index contributed by atoms with van der Waals surface area (Å²) in [4.78, 5) is 13.4. The summed E-state index contributed by atoms with van der Waals surface area (Å²) in [5.41, 5.74) is 6.18. The van der Waals surface area contributed by atoms with E-state index in [9.17, 15) is 13.2 Å². The van der Waals surface area contributed by atoms with Gasteiger partial charge in [0.2, 0.25) is 0 Å². The highest BCUT2D eigenvalue weighted by Crippen LogP contribution is 2.39. The fourth-order valence-electron chi connectivity index (χ4n) is 2.79. The minimum atomic E-state index is -4.50. The lowest BCUT2D eigenvalue weighted by Crippen LogP contribution is -2.10. The highest BCUT2D eigenvalue weighted by atomic mass is 32.2. The summed E-state index contributed by atoms with van der Waals surface area (Å²) in [6, 6.07) is 14.7. The third kappa shape index (κ3) is 3.95. The Labute approximate surface area is 168 Å². The van der Waals surface area contributed by atoms with Crippen molar-refractivity contribution in [3.8, 4) is 0 Å². The van der Waals surface area contributed by atoms with E-state index in [4.69, 9.17) is 5.73 Å². The zero-order valence-electron chi connectivity index (χ0n) is 14.8. The van der Waals surface area contributed by atoms with Crippen LogP contribution in [-0.4, -0.2) is 15.0 Å². The maximum Gasteiger partial charge on any atom is 0.418 e. The molecule has 2 heterocycles. The molecule has 4 aromatic rings. The monoisotopic (exact) mass is 413 g/mol. The van der Waals surface area contributed by atoms with Gasteiger partial charge in [0.15, 0.2) is 5.82 Å². The molecule has 0 radical (unpaired) electrons. The molecular formula is C20H14F3N5S. The van der Waals surface area contributed by atoms with Gasteiger partial charge in [-0.3, -0.25) is 4.98 Å². The fraction of sp³-hybridized carbons (Fsp3) is 0.0500. The molecule has 146 valence electrons. The second kappa shape index (κ2) is 7.59. The lowest BCUT2D eigenvalue weighted by atomic mass is 10.1. The molecule has 0 atom stereocenters. The van der Waals surface area contributed by atoms with Crippen molar-refractivity contribution in [2.24, 2.45) is 0 Å². The van der Waals surface area contributed by atoms with Crippen LogP contribution in [-0.2, 0) is 6.18 Å². The first-order valence-corrected chi connectivity index (χ1v) is 9.30. The molecule has 0 saturated carbocycles. The molecule has 4 rings (SSSR count). The summed E-state index contributed by atoms with van der Waals surface area (Å²) in [5, 5.41) is 4.07. The minimum Gasteiger partial charge on any atom is -0.394 e. The van der Waals surface area contributed by atoms with Crippen molar-refractivity contribution in [2.75, 3.05) is 11.1 Å². The van der Waals surface area contributed by atoms with E-state index in [1.54, 1.807) is 6.20 Å². The Kier molecular flexibility index (Phi) is 4.98. The number of hydrogen-bond acceptors (Lipinski definition) is 6. The number of halogens is 3. The van der Waals surface area contributed by atoms with E-state index in [0.717, 1.165) is 21.9 Å². The van der Waals surface area contributed by atoms with Crippen LogP contribution in [0.5, 0.6) is 0 Å². The third-order valence-corrected chi connectivity index (χ3v) is 5.20. The zero-order chi connectivity index (χ0) is 20.4. The second-order valence-electron chi connectivity index (χ2n) is 6.04. The van der Waals surface area contributed by atoms with Crippen molar-refractivity contribution in [1.82, 2.24) is 15.0 Å². The van der Waals surface area contributed by atoms with Crippen molar-refractivity contribution >= 4 is 39.9 Å². The van der Waals surface area contributed by atoms with Gasteiger partial charge in [0, 0.05) is 16.5 Å². The topological polar surface area (TPSA) is 76.7 Å². The molecule has 0 aliphatic rings. The van der Waals surface area contributed by atoms with Gasteiger partial charge >= 0.3 is 6.18 Å². The van der Waals surface area contributed by atoms with E-state index in [1.807, 2.05) is 30.3 Å². The molecule has 3 N–H and O–H groups in total. The zero-order valence-corrected chi connectivity index (χ0v) is 15.6. The van der Waals surface area contributed by atoms with E-state index in [1.165, 1.54) is 36.3 Å². The van der Waals surface area contributed by atoms with Crippen LogP contribution < -0.4 is 11.1 Å². The van der Waals surface area contributed by atoms with E-state index in [-0.39, 0.29) is 17.2 Å². The standard InChI is InChI=1S/C20H14F3N5S/c21-20(22,23)13-7-1-2-8-14(13)28-18-16(24)19(27-11-26-18)29-15-9-3-5-12-6-4-10-25-17(12)15/h1-11H,24H2,(H,26,27,28). The summed E-state index contributed by atoms with van der Waals surface area (Å²) in [6.07, 6.45) is -1.55. The van der Waals surface area contributed by atoms with Crippen LogP contribution in [0.1, 0.15) is 5.56 Å². The van der Waals surface area contributed by atoms with E-state index in [0.29, 0.717) is 5.03 Å². The van der Waals surface area contributed by atoms with Crippen molar-refractivity contribution in [3.05, 3.63) is 72.7 Å². The summed E-state index contributed by atoms with van der Waals surface area (Å²) < 4.78 is 39.8. The molecule has 0 unspecified atom stereocenters. The van der Waals surface area contributed by atoms with Gasteiger partial charge in [-0.1, -0.05) is 42.1 Å². The average Bonchev–Trinajstić information content (AvgIpc) is 2.71. The number of para-hydroxylation sites is 2. The summed E-state index contributed by atoms with van der Waals surface area (Å²) in [7, 11) is 0. The van der Waals surface area contributed by atoms with Crippen LogP contribution >= 0.6 is 11.8 Å². The number of nitrogens with one attached hydrogen (secondary N) is 1. The predicted molar refractivity (Wildman–Crippen MR) is 107 cm³/mol. The number of fused-ring (bicyclic) bond motifs is 1. The molecular weight excluding hydrogens is 399 g/mol. The average molecular weight is 413 g/mol. The van der Waals surface area contributed by atoms with Gasteiger partial charge < -0.3 is 11.1 Å². The Morgan fingerprint density at radius 3 is 2.52 bits per heavy atom. The summed E-state index contributed by atoms with van der Waals surface area (Å²) in [6.45, 7) is 0. The van der Waals surface area contributed by atoms with Crippen LogP contribution in [0.3, 0.4) is 0 Å². The van der Waals surface area contributed by atoms with Gasteiger partial charge in [0.1, 0.15) is 17.0 Å². The first kappa shape index (κ1) is 19.0. The maximum absolute atomic E-state index is 13.3. The lowest BCUT2D eigenvalue weighted by Gasteiger charge is -2.15. The largest absolute Gasteiger partial charge is 0.418 e. The molecule has 2 aromatic carbocycles. The number of nitrogen functional groups attached to an aromatic ring is 1. The molecule has 29 heavy (non-hydrogen) atoms. The van der Waals surface area contributed by atoms with Gasteiger partial charge in [-0.15, -0.1) is 0 Å². The molecule has 0 aliphatic heterocycles. The van der Waals surface area contributed by atoms with Crippen molar-refractivity contribution < 1.29 is 13.2 Å². The first-order chi connectivity index (χ1) is 13.9. The Bertz CT molecular complexity index is 1170. The normalized spacial score (nSPS) is 11.6. The summed E-state index contributed by atoms with van der Waals surface area (Å²) >= 11 is 1.28. The molecule has 0 bridgehead atoms. The van der Waals surface area contributed by atoms with Crippen LogP contribution in [0.2, 0.25) is 0 Å². The van der Waals surface area contributed by atoms with Crippen LogP contribution in [0.25, 0.3) is 10.9 Å². The van der Waals surface area contributed by atoms with Crippen molar-refractivity contribution in [3.63, 3.8) is 0 Å². The second-order valence-corrected chi connectivity index (χ2v) is 7.07. The number of benzene rings is 2. The van der Waals surface area contributed by atoms with Gasteiger partial charge in [0.25, 0.3) is 0 Å². The number of nitrogens with zero attached hydrogens (tertiary/aromatic N) is 3. The number of hydrogen-bond donors (Lipinski definition) is 2. The van der Waals surface area contributed by atoms with Gasteiger partial charge in [-0.05, 0) is 24.3 Å². The number of aromatic nitrogens is 3. The number of alkyl halides is 3. The van der Waals surface area contributed by atoms with Gasteiger partial charge in [0.05, 0.1) is 16.8 Å². The number of rotatable bonds is 4. The Hall–Kier alpha value is -3.33. The van der Waals surface area contributed by atoms with E-state index in [2.05, 4.69) is 20.3 Å². The molecule has 2 aromatic heterocycles. The number of pyridine rings is 1. The van der Waals surface area contributed by atoms with E-state index >= 15 is 0 Å². The molecule has 5 nitrogen and oxygen atoms in total. The van der Waals surface area contributed by atoms with Gasteiger partial charge in [-0.25, -0.2) is 9.97 Å². The number of anilines is 3. The highest BCUT2D eigenvalue weighted by Gasteiger charge is 2.33. The van der Waals surface area contributed by atoms with Crippen LogP contribution in [0.4, 0.5) is 30.4 Å². The van der Waals surface area contributed by atoms with E-state index < -0.39 is 11.7 Å². The maximum atomic E-state index is 13.3. The third-order valence-electron chi connectivity index (χ3n) is 4.14. The van der Waals surface area contributed by atoms with Crippen molar-refractivity contribution in [2.45, 2.75) is 16.1 Å². The fourth-order valence-corrected chi connectivity index (χ4v) is 3.72. The summed E-state index contributed by atoms with van der Waals surface area (Å²) in [5.74, 6) is 0.104. The molecule has 0 saturated heterocycles. The van der Waals surface area contributed by atoms with Gasteiger partial charge in [-0.2, -0.15) is 13.2 Å². The molecule has 9 heteroatoms. The number of nitrogens with two attached hydrogens (primary N) is 1. The quantitative estimate of drug-likeness (QED) is 0.429. The molecule has 0 spiro atoms. The smallest absolute Gasteiger partial charge is 0.394 e.